The first-order valence-electron chi connectivity index (χ1n) is 3.02. The summed E-state index contributed by atoms with van der Waals surface area (Å²) >= 11 is 4.51. The summed E-state index contributed by atoms with van der Waals surface area (Å²) in [5.74, 6) is 0. The van der Waals surface area contributed by atoms with Crippen molar-refractivity contribution in [3.63, 3.8) is 0 Å². The van der Waals surface area contributed by atoms with Gasteiger partial charge in [-0.15, -0.1) is 0 Å². The standard InChI is InChI=1S/C7H5NS2.Rh/c9-7-8-5-3-1-2-4-6(5)10-7;/h1-4H,(H,8,9);/q;+1/p-1. The summed E-state index contributed by atoms with van der Waals surface area (Å²) in [6.07, 6.45) is 0. The second-order valence-electron chi connectivity index (χ2n) is 2.02. The van der Waals surface area contributed by atoms with Crippen LogP contribution in [0.4, 0.5) is 0 Å². The Kier molecular flexibility index (Phi) is 2.26. The van der Waals surface area contributed by atoms with Gasteiger partial charge in [0.1, 0.15) is 0 Å². The molecular weight excluding hydrogens is 265 g/mol. The summed E-state index contributed by atoms with van der Waals surface area (Å²) in [5.41, 5.74) is 1.10. The number of hydrogen-bond donors (Lipinski definition) is 0. The molecule has 0 aliphatic carbocycles. The van der Waals surface area contributed by atoms with Crippen LogP contribution in [-0.4, -0.2) is 4.98 Å². The molecule has 4 heteroatoms. The van der Waals surface area contributed by atoms with Crippen LogP contribution in [0.2, 0.25) is 0 Å². The monoisotopic (exact) mass is 269 g/mol. The van der Waals surface area contributed by atoms with Gasteiger partial charge in [-0.1, -0.05) is 0 Å². The second kappa shape index (κ2) is 3.22. The zero-order valence-electron chi connectivity index (χ0n) is 5.41. The summed E-state index contributed by atoms with van der Waals surface area (Å²) in [7, 11) is 1.59. The molecule has 0 radical (unpaired) electrons. The van der Waals surface area contributed by atoms with E-state index in [0.717, 1.165) is 9.86 Å². The van der Waals surface area contributed by atoms with E-state index in [1.807, 2.05) is 18.2 Å². The van der Waals surface area contributed by atoms with Crippen molar-refractivity contribution in [2.45, 2.75) is 4.34 Å². The van der Waals surface area contributed by atoms with Crippen molar-refractivity contribution in [2.24, 2.45) is 0 Å². The predicted octanol–water partition coefficient (Wildman–Crippen LogP) is 2.85. The van der Waals surface area contributed by atoms with Crippen molar-refractivity contribution >= 4 is 31.3 Å². The van der Waals surface area contributed by atoms with Crippen LogP contribution in [0, 0.1) is 0 Å². The molecule has 1 nitrogen and oxygen atoms in total. The Balaban J connectivity index is 2.69. The Morgan fingerprint density at radius 3 is 2.91 bits per heavy atom. The topological polar surface area (TPSA) is 12.9 Å². The van der Waals surface area contributed by atoms with Crippen LogP contribution in [0.3, 0.4) is 0 Å². The number of rotatable bonds is 1. The molecule has 11 heavy (non-hydrogen) atoms. The Morgan fingerprint density at radius 2 is 2.18 bits per heavy atom. The quantitative estimate of drug-likeness (QED) is 0.738. The molecule has 0 unspecified atom stereocenters. The summed E-state index contributed by atoms with van der Waals surface area (Å²) in [6, 6.07) is 8.17. The molecule has 0 saturated carbocycles. The van der Waals surface area contributed by atoms with Crippen LogP contribution in [0.15, 0.2) is 28.6 Å². The number of fused-ring (bicyclic) bond motifs is 1. The summed E-state index contributed by atoms with van der Waals surface area (Å²) in [4.78, 5) is 4.39. The van der Waals surface area contributed by atoms with Gasteiger partial charge in [-0.2, -0.15) is 0 Å². The fourth-order valence-electron chi connectivity index (χ4n) is 0.880. The summed E-state index contributed by atoms with van der Waals surface area (Å²) in [5, 5.41) is 0. The number of para-hydroxylation sites is 1. The zero-order valence-corrected chi connectivity index (χ0v) is 8.68. The van der Waals surface area contributed by atoms with Gasteiger partial charge < -0.3 is 0 Å². The Labute approximate surface area is 81.7 Å². The Bertz CT molecular complexity index is 338. The molecule has 1 aromatic heterocycles. The minimum atomic E-state index is 1.10. The maximum absolute atomic E-state index is 4.39. The molecular formula is C7H4NRhS2. The van der Waals surface area contributed by atoms with Crippen LogP contribution in [0.1, 0.15) is 0 Å². The third-order valence-electron chi connectivity index (χ3n) is 1.33. The maximum atomic E-state index is 4.39. The molecule has 0 bridgehead atoms. The van der Waals surface area contributed by atoms with Crippen molar-refractivity contribution in [1.82, 2.24) is 4.98 Å². The van der Waals surface area contributed by atoms with Gasteiger partial charge in [0.2, 0.25) is 0 Å². The van der Waals surface area contributed by atoms with Crippen LogP contribution in [0.25, 0.3) is 10.2 Å². The van der Waals surface area contributed by atoms with E-state index < -0.39 is 0 Å². The van der Waals surface area contributed by atoms with Gasteiger partial charge >= 0.3 is 82.0 Å². The number of hydrogen-bond acceptors (Lipinski definition) is 3. The molecule has 0 aliphatic heterocycles. The van der Waals surface area contributed by atoms with Gasteiger partial charge in [0.25, 0.3) is 0 Å². The van der Waals surface area contributed by atoms with Gasteiger partial charge in [0.05, 0.1) is 0 Å². The third-order valence-corrected chi connectivity index (χ3v) is 4.47. The summed E-state index contributed by atoms with van der Waals surface area (Å²) in [6.45, 7) is 0. The number of thiazole rings is 1. The fourth-order valence-corrected chi connectivity index (χ4v) is 2.93. The van der Waals surface area contributed by atoms with E-state index >= 15 is 0 Å². The van der Waals surface area contributed by atoms with Gasteiger partial charge in [0, 0.05) is 0 Å². The van der Waals surface area contributed by atoms with E-state index in [9.17, 15) is 0 Å². The van der Waals surface area contributed by atoms with Crippen molar-refractivity contribution in [2.75, 3.05) is 0 Å². The first-order chi connectivity index (χ1) is 5.40. The average molecular weight is 269 g/mol. The summed E-state index contributed by atoms with van der Waals surface area (Å²) < 4.78 is 2.35. The molecule has 58 valence electrons. The van der Waals surface area contributed by atoms with Crippen LogP contribution < -0.4 is 0 Å². The fraction of sp³-hybridized carbons (Fsp3) is 0. The molecule has 2 aromatic rings. The first kappa shape index (κ1) is 7.72. The molecule has 2 rings (SSSR count). The van der Waals surface area contributed by atoms with E-state index in [1.165, 1.54) is 4.70 Å². The zero-order chi connectivity index (χ0) is 7.68. The van der Waals surface area contributed by atoms with Crippen molar-refractivity contribution < 1.29 is 17.1 Å². The van der Waals surface area contributed by atoms with Gasteiger partial charge in [0.15, 0.2) is 0 Å². The molecule has 1 heterocycles. The molecule has 0 fully saturated rings. The molecule has 0 N–H and O–H groups in total. The van der Waals surface area contributed by atoms with Gasteiger partial charge in [-0.3, -0.25) is 0 Å². The number of aromatic nitrogens is 1. The van der Waals surface area contributed by atoms with Gasteiger partial charge in [-0.25, -0.2) is 0 Å². The van der Waals surface area contributed by atoms with E-state index in [0.29, 0.717) is 0 Å². The van der Waals surface area contributed by atoms with E-state index in [-0.39, 0.29) is 0 Å². The SMILES string of the molecule is [Rh][S]c1nc2ccccc2s1. The van der Waals surface area contributed by atoms with Crippen molar-refractivity contribution in [3.8, 4) is 0 Å². The van der Waals surface area contributed by atoms with Crippen LogP contribution >= 0.6 is 21.1 Å². The predicted molar refractivity (Wildman–Crippen MR) is 45.5 cm³/mol. The normalized spacial score (nSPS) is 10.7. The molecule has 0 saturated heterocycles. The second-order valence-corrected chi connectivity index (χ2v) is 4.83. The van der Waals surface area contributed by atoms with E-state index in [4.69, 9.17) is 0 Å². The third kappa shape index (κ3) is 1.48. The minimum absolute atomic E-state index is 1.10. The van der Waals surface area contributed by atoms with E-state index in [2.05, 4.69) is 28.1 Å². The molecule has 0 spiro atoms. The van der Waals surface area contributed by atoms with E-state index in [1.54, 1.807) is 21.1 Å². The Hall–Kier alpha value is 0.0834. The first-order valence-corrected chi connectivity index (χ1v) is 6.53. The average Bonchev–Trinajstić information content (AvgIpc) is 2.46. The number of benzene rings is 1. The molecule has 1 aromatic carbocycles. The van der Waals surface area contributed by atoms with Crippen molar-refractivity contribution in [1.29, 1.82) is 0 Å². The molecule has 0 aliphatic rings. The van der Waals surface area contributed by atoms with Gasteiger partial charge in [-0.05, 0) is 0 Å². The van der Waals surface area contributed by atoms with Crippen LogP contribution in [0.5, 0.6) is 0 Å². The number of nitrogens with zero attached hydrogens (tertiary/aromatic N) is 1. The van der Waals surface area contributed by atoms with Crippen LogP contribution in [-0.2, 0) is 17.1 Å². The Morgan fingerprint density at radius 1 is 1.36 bits per heavy atom. The van der Waals surface area contributed by atoms with Crippen molar-refractivity contribution in [3.05, 3.63) is 24.3 Å². The molecule has 0 amide bonds. The molecule has 0 atom stereocenters.